The molecule has 3 rings (SSSR count). The first-order valence-electron chi connectivity index (χ1n) is 6.78. The molecule has 0 aromatic carbocycles. The summed E-state index contributed by atoms with van der Waals surface area (Å²) in [5.41, 5.74) is -0.515. The fourth-order valence-electron chi connectivity index (χ4n) is 2.58. The first-order chi connectivity index (χ1) is 9.86. The number of fused-ring (bicyclic) bond motifs is 1. The van der Waals surface area contributed by atoms with E-state index in [0.29, 0.717) is 17.9 Å². The van der Waals surface area contributed by atoms with Crippen LogP contribution in [0, 0.1) is 0 Å². The maximum Gasteiger partial charge on any atom is 0.435 e. The normalized spacial score (nSPS) is 23.8. The van der Waals surface area contributed by atoms with E-state index in [1.807, 2.05) is 18.7 Å². The van der Waals surface area contributed by atoms with Gasteiger partial charge in [-0.3, -0.25) is 0 Å². The fourth-order valence-corrected chi connectivity index (χ4v) is 2.58. The molecule has 1 aliphatic heterocycles. The predicted octanol–water partition coefficient (Wildman–Crippen LogP) is 1.93. The molecule has 0 radical (unpaired) electrons. The minimum absolute atomic E-state index is 0.157. The minimum Gasteiger partial charge on any atom is -0.349 e. The number of aromatic nitrogens is 3. The monoisotopic (exact) mass is 299 g/mol. The van der Waals surface area contributed by atoms with Gasteiger partial charge in [0.2, 0.25) is 0 Å². The molecule has 0 aliphatic carbocycles. The van der Waals surface area contributed by atoms with Gasteiger partial charge in [0.05, 0.1) is 0 Å². The Bertz CT molecular complexity index is 651. The van der Waals surface area contributed by atoms with E-state index >= 15 is 0 Å². The Morgan fingerprint density at radius 2 is 2.10 bits per heavy atom. The van der Waals surface area contributed by atoms with E-state index in [0.717, 1.165) is 12.6 Å². The molecular weight excluding hydrogens is 283 g/mol. The van der Waals surface area contributed by atoms with E-state index in [9.17, 15) is 13.2 Å². The molecule has 1 saturated heterocycles. The van der Waals surface area contributed by atoms with Crippen molar-refractivity contribution in [1.82, 2.24) is 19.9 Å². The zero-order valence-corrected chi connectivity index (χ0v) is 11.7. The zero-order chi connectivity index (χ0) is 15.2. The lowest BCUT2D eigenvalue weighted by molar-refractivity contribution is -0.141. The topological polar surface area (TPSA) is 45.5 Å². The Kier molecular flexibility index (Phi) is 3.27. The number of hydrogen-bond donors (Lipinski definition) is 1. The van der Waals surface area contributed by atoms with Crippen LogP contribution in [0.15, 0.2) is 18.5 Å². The molecule has 1 N–H and O–H groups in total. The van der Waals surface area contributed by atoms with Crippen LogP contribution in [0.2, 0.25) is 0 Å². The van der Waals surface area contributed by atoms with Crippen molar-refractivity contribution < 1.29 is 13.2 Å². The summed E-state index contributed by atoms with van der Waals surface area (Å²) >= 11 is 0. The maximum absolute atomic E-state index is 12.8. The van der Waals surface area contributed by atoms with Gasteiger partial charge in [-0.05, 0) is 13.8 Å². The van der Waals surface area contributed by atoms with Gasteiger partial charge in [-0.1, -0.05) is 0 Å². The first-order valence-corrected chi connectivity index (χ1v) is 6.78. The average molecular weight is 299 g/mol. The largest absolute Gasteiger partial charge is 0.435 e. The molecule has 21 heavy (non-hydrogen) atoms. The number of alkyl halides is 3. The van der Waals surface area contributed by atoms with E-state index in [2.05, 4.69) is 15.4 Å². The van der Waals surface area contributed by atoms with Crippen LogP contribution in [0.25, 0.3) is 5.52 Å². The second-order valence-electron chi connectivity index (χ2n) is 5.42. The lowest BCUT2D eigenvalue weighted by Gasteiger charge is -2.38. The quantitative estimate of drug-likeness (QED) is 0.874. The molecule has 1 aliphatic rings. The molecule has 0 amide bonds. The Morgan fingerprint density at radius 1 is 1.33 bits per heavy atom. The van der Waals surface area contributed by atoms with Crippen LogP contribution < -0.4 is 10.2 Å². The van der Waals surface area contributed by atoms with E-state index in [-0.39, 0.29) is 12.1 Å². The number of nitrogens with zero attached hydrogens (tertiary/aromatic N) is 4. The number of nitrogens with one attached hydrogen (secondary N) is 1. The SMILES string of the molecule is CC1CN(c2nccn3nc(C(F)(F)F)cc23)C(C)CN1. The lowest BCUT2D eigenvalue weighted by Crippen LogP contribution is -2.54. The van der Waals surface area contributed by atoms with Gasteiger partial charge >= 0.3 is 6.18 Å². The summed E-state index contributed by atoms with van der Waals surface area (Å²) in [6.07, 6.45) is -1.54. The molecule has 114 valence electrons. The Hall–Kier alpha value is -1.83. The first kappa shape index (κ1) is 14.1. The smallest absolute Gasteiger partial charge is 0.349 e. The third kappa shape index (κ3) is 2.55. The van der Waals surface area contributed by atoms with Gasteiger partial charge in [0.1, 0.15) is 5.52 Å². The zero-order valence-electron chi connectivity index (χ0n) is 11.7. The van der Waals surface area contributed by atoms with E-state index in [1.165, 1.54) is 16.9 Å². The average Bonchev–Trinajstić information content (AvgIpc) is 2.85. The summed E-state index contributed by atoms with van der Waals surface area (Å²) in [6, 6.07) is 1.47. The van der Waals surface area contributed by atoms with Gasteiger partial charge in [-0.2, -0.15) is 18.3 Å². The Balaban J connectivity index is 2.08. The second kappa shape index (κ2) is 4.87. The van der Waals surface area contributed by atoms with Crippen molar-refractivity contribution in [2.75, 3.05) is 18.0 Å². The van der Waals surface area contributed by atoms with Crippen molar-refractivity contribution in [2.24, 2.45) is 0 Å². The van der Waals surface area contributed by atoms with E-state index < -0.39 is 11.9 Å². The van der Waals surface area contributed by atoms with Crippen molar-refractivity contribution in [3.8, 4) is 0 Å². The van der Waals surface area contributed by atoms with Gasteiger partial charge in [0, 0.05) is 43.6 Å². The number of anilines is 1. The van der Waals surface area contributed by atoms with Gasteiger partial charge in [0.15, 0.2) is 11.5 Å². The molecule has 8 heteroatoms. The standard InChI is InChI=1S/C13H16F3N5/c1-8-7-20(9(2)6-18-8)12-10-5-11(13(14,15)16)19-21(10)4-3-17-12/h3-5,8-9,18H,6-7H2,1-2H3. The van der Waals surface area contributed by atoms with Crippen LogP contribution in [0.1, 0.15) is 19.5 Å². The third-order valence-corrected chi connectivity index (χ3v) is 3.70. The van der Waals surface area contributed by atoms with Crippen LogP contribution >= 0.6 is 0 Å². The van der Waals surface area contributed by atoms with Gasteiger partial charge < -0.3 is 10.2 Å². The molecular formula is C13H16F3N5. The summed E-state index contributed by atoms with van der Waals surface area (Å²) in [4.78, 5) is 6.31. The number of rotatable bonds is 1. The van der Waals surface area contributed by atoms with Crippen LogP contribution in [0.3, 0.4) is 0 Å². The molecule has 0 saturated carbocycles. The van der Waals surface area contributed by atoms with Crippen LogP contribution in [0.4, 0.5) is 19.0 Å². The van der Waals surface area contributed by atoms with E-state index in [1.54, 1.807) is 0 Å². The van der Waals surface area contributed by atoms with Crippen molar-refractivity contribution >= 4 is 11.3 Å². The highest BCUT2D eigenvalue weighted by atomic mass is 19.4. The number of halogens is 3. The summed E-state index contributed by atoms with van der Waals surface area (Å²) < 4.78 is 39.7. The van der Waals surface area contributed by atoms with Crippen LogP contribution in [-0.4, -0.2) is 39.8 Å². The molecule has 2 atom stereocenters. The van der Waals surface area contributed by atoms with Crippen molar-refractivity contribution in [2.45, 2.75) is 32.1 Å². The second-order valence-corrected chi connectivity index (χ2v) is 5.42. The Morgan fingerprint density at radius 3 is 2.81 bits per heavy atom. The highest BCUT2D eigenvalue weighted by Crippen LogP contribution is 2.31. The maximum atomic E-state index is 12.8. The van der Waals surface area contributed by atoms with E-state index in [4.69, 9.17) is 0 Å². The minimum atomic E-state index is -4.45. The molecule has 2 aromatic heterocycles. The lowest BCUT2D eigenvalue weighted by atomic mass is 10.1. The molecule has 2 unspecified atom stereocenters. The highest BCUT2D eigenvalue weighted by molar-refractivity contribution is 5.70. The molecule has 5 nitrogen and oxygen atoms in total. The molecule has 0 bridgehead atoms. The van der Waals surface area contributed by atoms with Crippen molar-refractivity contribution in [3.63, 3.8) is 0 Å². The fraction of sp³-hybridized carbons (Fsp3) is 0.538. The predicted molar refractivity (Wildman–Crippen MR) is 72.3 cm³/mol. The van der Waals surface area contributed by atoms with Crippen LogP contribution in [0.5, 0.6) is 0 Å². The molecule has 1 fully saturated rings. The van der Waals surface area contributed by atoms with Crippen LogP contribution in [-0.2, 0) is 6.18 Å². The molecule has 2 aromatic rings. The summed E-state index contributed by atoms with van der Waals surface area (Å²) in [5.74, 6) is 0.543. The molecule has 0 spiro atoms. The van der Waals surface area contributed by atoms with Crippen molar-refractivity contribution in [3.05, 3.63) is 24.2 Å². The number of piperazine rings is 1. The van der Waals surface area contributed by atoms with Gasteiger partial charge in [-0.15, -0.1) is 0 Å². The van der Waals surface area contributed by atoms with Crippen molar-refractivity contribution in [1.29, 1.82) is 0 Å². The highest BCUT2D eigenvalue weighted by Gasteiger charge is 2.35. The van der Waals surface area contributed by atoms with Gasteiger partial charge in [0.25, 0.3) is 0 Å². The summed E-state index contributed by atoms with van der Waals surface area (Å²) in [7, 11) is 0. The summed E-state index contributed by atoms with van der Waals surface area (Å²) in [6.45, 7) is 5.52. The summed E-state index contributed by atoms with van der Waals surface area (Å²) in [5, 5.41) is 6.93. The number of hydrogen-bond acceptors (Lipinski definition) is 4. The third-order valence-electron chi connectivity index (χ3n) is 3.70. The van der Waals surface area contributed by atoms with Gasteiger partial charge in [-0.25, -0.2) is 9.50 Å². The molecule has 3 heterocycles. The Labute approximate surface area is 119 Å².